The summed E-state index contributed by atoms with van der Waals surface area (Å²) in [6.45, 7) is 4.27. The van der Waals surface area contributed by atoms with Crippen molar-refractivity contribution in [3.05, 3.63) is 35.4 Å². The number of carbonyl (C=O) groups is 3. The molecule has 22 heavy (non-hydrogen) atoms. The number of hydrogen-bond donors (Lipinski definition) is 2. The summed E-state index contributed by atoms with van der Waals surface area (Å²) in [6.07, 6.45) is 1.01. The Balaban J connectivity index is 2.90. The summed E-state index contributed by atoms with van der Waals surface area (Å²) in [5.74, 6) is -1.73. The standard InChI is InChI=1S/C16H22N2O4/c1-4-7-13(16(21)22)17-14(19)11-8-6-9-12(10-11)15(20)18(3)5-2/h6,8-10,13H,4-5,7H2,1-3H3,(H,17,19)(H,21,22). The van der Waals surface area contributed by atoms with Crippen molar-refractivity contribution in [3.63, 3.8) is 0 Å². The van der Waals surface area contributed by atoms with Crippen LogP contribution >= 0.6 is 0 Å². The molecule has 1 unspecified atom stereocenters. The van der Waals surface area contributed by atoms with E-state index in [2.05, 4.69) is 5.32 Å². The smallest absolute Gasteiger partial charge is 0.326 e. The Kier molecular flexibility index (Phi) is 6.56. The Bertz CT molecular complexity index is 557. The van der Waals surface area contributed by atoms with Gasteiger partial charge in [-0.15, -0.1) is 0 Å². The van der Waals surface area contributed by atoms with Gasteiger partial charge in [0.2, 0.25) is 0 Å². The van der Waals surface area contributed by atoms with E-state index in [4.69, 9.17) is 5.11 Å². The van der Waals surface area contributed by atoms with Crippen LogP contribution in [0, 0.1) is 0 Å². The van der Waals surface area contributed by atoms with E-state index >= 15 is 0 Å². The first kappa shape index (κ1) is 17.7. The molecule has 120 valence electrons. The van der Waals surface area contributed by atoms with E-state index in [0.717, 1.165) is 0 Å². The number of nitrogens with zero attached hydrogens (tertiary/aromatic N) is 1. The van der Waals surface area contributed by atoms with Gasteiger partial charge in [-0.25, -0.2) is 4.79 Å². The zero-order valence-corrected chi connectivity index (χ0v) is 13.1. The summed E-state index contributed by atoms with van der Waals surface area (Å²) in [4.78, 5) is 36.9. The molecule has 2 N–H and O–H groups in total. The van der Waals surface area contributed by atoms with Crippen molar-refractivity contribution in [2.75, 3.05) is 13.6 Å². The van der Waals surface area contributed by atoms with E-state index in [0.29, 0.717) is 24.9 Å². The van der Waals surface area contributed by atoms with Crippen molar-refractivity contribution in [1.82, 2.24) is 10.2 Å². The van der Waals surface area contributed by atoms with Crippen LogP contribution in [0.1, 0.15) is 47.4 Å². The third-order valence-electron chi connectivity index (χ3n) is 3.37. The van der Waals surface area contributed by atoms with E-state index in [9.17, 15) is 14.4 Å². The molecule has 0 aliphatic carbocycles. The summed E-state index contributed by atoms with van der Waals surface area (Å²) in [7, 11) is 1.68. The molecular formula is C16H22N2O4. The molecule has 0 fully saturated rings. The van der Waals surface area contributed by atoms with Gasteiger partial charge >= 0.3 is 5.97 Å². The van der Waals surface area contributed by atoms with Crippen molar-refractivity contribution in [3.8, 4) is 0 Å². The molecule has 0 saturated heterocycles. The summed E-state index contributed by atoms with van der Waals surface area (Å²) in [5.41, 5.74) is 0.678. The molecule has 1 rings (SSSR count). The lowest BCUT2D eigenvalue weighted by Crippen LogP contribution is -2.40. The number of carboxylic acid groups (broad SMARTS) is 1. The lowest BCUT2D eigenvalue weighted by atomic mass is 10.1. The van der Waals surface area contributed by atoms with Crippen molar-refractivity contribution in [1.29, 1.82) is 0 Å². The van der Waals surface area contributed by atoms with Gasteiger partial charge in [0.15, 0.2) is 0 Å². The van der Waals surface area contributed by atoms with E-state index in [1.165, 1.54) is 11.0 Å². The van der Waals surface area contributed by atoms with Gasteiger partial charge in [-0.2, -0.15) is 0 Å². The van der Waals surface area contributed by atoms with Crippen LogP contribution in [0.3, 0.4) is 0 Å². The molecule has 1 aromatic carbocycles. The Morgan fingerprint density at radius 1 is 1.23 bits per heavy atom. The lowest BCUT2D eigenvalue weighted by molar-refractivity contribution is -0.139. The predicted molar refractivity (Wildman–Crippen MR) is 82.9 cm³/mol. The molecule has 1 atom stereocenters. The molecule has 2 amide bonds. The number of nitrogens with one attached hydrogen (secondary N) is 1. The number of aliphatic carboxylic acids is 1. The lowest BCUT2D eigenvalue weighted by Gasteiger charge is -2.16. The molecule has 6 nitrogen and oxygen atoms in total. The molecule has 0 bridgehead atoms. The van der Waals surface area contributed by atoms with Crippen molar-refractivity contribution < 1.29 is 19.5 Å². The molecule has 0 heterocycles. The molecule has 0 radical (unpaired) electrons. The van der Waals surface area contributed by atoms with Gasteiger partial charge < -0.3 is 15.3 Å². The van der Waals surface area contributed by atoms with Crippen LogP contribution in [0.15, 0.2) is 24.3 Å². The summed E-state index contributed by atoms with van der Waals surface area (Å²) < 4.78 is 0. The highest BCUT2D eigenvalue weighted by Gasteiger charge is 2.20. The maximum absolute atomic E-state index is 12.1. The van der Waals surface area contributed by atoms with Gasteiger partial charge in [-0.1, -0.05) is 19.4 Å². The number of hydrogen-bond acceptors (Lipinski definition) is 3. The zero-order chi connectivity index (χ0) is 16.7. The molecule has 0 saturated carbocycles. The number of benzene rings is 1. The van der Waals surface area contributed by atoms with Gasteiger partial charge in [0, 0.05) is 24.7 Å². The van der Waals surface area contributed by atoms with Crippen LogP contribution in [-0.2, 0) is 4.79 Å². The number of carboxylic acids is 1. The minimum atomic E-state index is -1.06. The van der Waals surface area contributed by atoms with Crippen LogP contribution in [0.5, 0.6) is 0 Å². The van der Waals surface area contributed by atoms with Gasteiger partial charge in [-0.05, 0) is 31.5 Å². The highest BCUT2D eigenvalue weighted by atomic mass is 16.4. The number of carbonyl (C=O) groups excluding carboxylic acids is 2. The molecule has 0 aliphatic heterocycles. The maximum Gasteiger partial charge on any atom is 0.326 e. The molecular weight excluding hydrogens is 284 g/mol. The number of rotatable bonds is 7. The molecule has 0 aliphatic rings. The second kappa shape index (κ2) is 8.17. The SMILES string of the molecule is CCCC(NC(=O)c1cccc(C(=O)N(C)CC)c1)C(=O)O. The topological polar surface area (TPSA) is 86.7 Å². The largest absolute Gasteiger partial charge is 0.480 e. The third kappa shape index (κ3) is 4.58. The first-order valence-electron chi connectivity index (χ1n) is 7.29. The van der Waals surface area contributed by atoms with Gasteiger partial charge in [0.25, 0.3) is 11.8 Å². The van der Waals surface area contributed by atoms with Crippen LogP contribution in [0.4, 0.5) is 0 Å². The zero-order valence-electron chi connectivity index (χ0n) is 13.1. The van der Waals surface area contributed by atoms with E-state index in [1.807, 2.05) is 13.8 Å². The Hall–Kier alpha value is -2.37. The Morgan fingerprint density at radius 3 is 2.41 bits per heavy atom. The van der Waals surface area contributed by atoms with Crippen LogP contribution in [0.2, 0.25) is 0 Å². The normalized spacial score (nSPS) is 11.6. The van der Waals surface area contributed by atoms with Gasteiger partial charge in [-0.3, -0.25) is 9.59 Å². The first-order valence-corrected chi connectivity index (χ1v) is 7.29. The Labute approximate surface area is 130 Å². The maximum atomic E-state index is 12.1. The first-order chi connectivity index (χ1) is 10.4. The quantitative estimate of drug-likeness (QED) is 0.803. The van der Waals surface area contributed by atoms with Crippen LogP contribution in [0.25, 0.3) is 0 Å². The third-order valence-corrected chi connectivity index (χ3v) is 3.37. The average Bonchev–Trinajstić information content (AvgIpc) is 2.52. The fourth-order valence-corrected chi connectivity index (χ4v) is 1.95. The van der Waals surface area contributed by atoms with Crippen molar-refractivity contribution in [2.45, 2.75) is 32.7 Å². The summed E-state index contributed by atoms with van der Waals surface area (Å²) >= 11 is 0. The number of amides is 2. The average molecular weight is 306 g/mol. The van der Waals surface area contributed by atoms with Crippen LogP contribution < -0.4 is 5.32 Å². The Morgan fingerprint density at radius 2 is 1.86 bits per heavy atom. The van der Waals surface area contributed by atoms with Crippen molar-refractivity contribution in [2.24, 2.45) is 0 Å². The summed E-state index contributed by atoms with van der Waals surface area (Å²) in [6, 6.07) is 5.36. The summed E-state index contributed by atoms with van der Waals surface area (Å²) in [5, 5.41) is 11.6. The van der Waals surface area contributed by atoms with E-state index in [-0.39, 0.29) is 11.5 Å². The van der Waals surface area contributed by atoms with Gasteiger partial charge in [0.1, 0.15) is 6.04 Å². The van der Waals surface area contributed by atoms with E-state index < -0.39 is 17.9 Å². The highest BCUT2D eigenvalue weighted by Crippen LogP contribution is 2.09. The predicted octanol–water partition coefficient (Wildman–Crippen LogP) is 1.76. The molecule has 1 aromatic rings. The van der Waals surface area contributed by atoms with Gasteiger partial charge in [0.05, 0.1) is 0 Å². The second-order valence-electron chi connectivity index (χ2n) is 5.05. The minimum absolute atomic E-state index is 0.180. The van der Waals surface area contributed by atoms with E-state index in [1.54, 1.807) is 25.2 Å². The molecule has 0 spiro atoms. The second-order valence-corrected chi connectivity index (χ2v) is 5.05. The molecule has 6 heteroatoms. The fourth-order valence-electron chi connectivity index (χ4n) is 1.95. The van der Waals surface area contributed by atoms with Crippen LogP contribution in [-0.4, -0.2) is 47.4 Å². The highest BCUT2D eigenvalue weighted by molar-refractivity contribution is 6.00. The molecule has 0 aromatic heterocycles. The minimum Gasteiger partial charge on any atom is -0.480 e. The van der Waals surface area contributed by atoms with Crippen molar-refractivity contribution >= 4 is 17.8 Å². The fraction of sp³-hybridized carbons (Fsp3) is 0.438. The monoisotopic (exact) mass is 306 g/mol.